The maximum Gasteiger partial charge on any atom is 0.257 e. The van der Waals surface area contributed by atoms with E-state index in [1.807, 2.05) is 0 Å². The van der Waals surface area contributed by atoms with E-state index < -0.39 is 0 Å². The van der Waals surface area contributed by atoms with Gasteiger partial charge in [-0.1, -0.05) is 23.7 Å². The van der Waals surface area contributed by atoms with E-state index in [0.29, 0.717) is 39.6 Å². The number of amides is 1. The number of nitrogens with zero attached hydrogens (tertiary/aromatic N) is 2. The zero-order chi connectivity index (χ0) is 18.1. The van der Waals surface area contributed by atoms with E-state index in [0.717, 1.165) is 5.56 Å². The molecule has 1 aromatic heterocycles. The van der Waals surface area contributed by atoms with Gasteiger partial charge in [0.05, 0.1) is 23.2 Å². The molecule has 0 aliphatic rings. The molecule has 0 unspecified atom stereocenters. The van der Waals surface area contributed by atoms with Crippen LogP contribution in [0.3, 0.4) is 0 Å². The van der Waals surface area contributed by atoms with E-state index in [2.05, 4.69) is 9.97 Å². The maximum absolute atomic E-state index is 13.0. The predicted octanol–water partition coefficient (Wildman–Crippen LogP) is 3.66. The van der Waals surface area contributed by atoms with Crippen LogP contribution in [-0.2, 0) is 6.42 Å². The molecule has 130 valence electrons. The molecule has 0 saturated heterocycles. The van der Waals surface area contributed by atoms with E-state index >= 15 is 0 Å². The zero-order valence-corrected chi connectivity index (χ0v) is 14.8. The molecule has 7 heteroatoms. The van der Waals surface area contributed by atoms with Gasteiger partial charge in [0.2, 0.25) is 0 Å². The molecule has 0 aliphatic heterocycles. The number of halogens is 2. The highest BCUT2D eigenvalue weighted by Crippen LogP contribution is 2.34. The van der Waals surface area contributed by atoms with E-state index in [4.69, 9.17) is 16.3 Å². The van der Waals surface area contributed by atoms with Crippen LogP contribution in [0.5, 0.6) is 5.75 Å². The minimum absolute atomic E-state index is 0.219. The van der Waals surface area contributed by atoms with E-state index in [1.165, 1.54) is 24.1 Å². The molecule has 0 atom stereocenters. The number of carbonyl (C=O) groups excluding carboxylic acids is 1. The van der Waals surface area contributed by atoms with Crippen LogP contribution in [0.4, 0.5) is 4.39 Å². The summed E-state index contributed by atoms with van der Waals surface area (Å²) < 4.78 is 18.5. The van der Waals surface area contributed by atoms with Gasteiger partial charge in [0.25, 0.3) is 5.91 Å². The third-order valence-electron chi connectivity index (χ3n) is 3.85. The van der Waals surface area contributed by atoms with Crippen molar-refractivity contribution in [1.29, 1.82) is 0 Å². The minimum atomic E-state index is -0.287. The molecular weight excluding hydrogens is 345 g/mol. The Morgan fingerprint density at radius 1 is 1.32 bits per heavy atom. The van der Waals surface area contributed by atoms with Gasteiger partial charge in [0.15, 0.2) is 5.75 Å². The van der Waals surface area contributed by atoms with Gasteiger partial charge in [0.1, 0.15) is 17.2 Å². The molecular formula is C18H17ClFN3O2. The number of hydrogen-bond donors (Lipinski definition) is 1. The maximum atomic E-state index is 13.0. The van der Waals surface area contributed by atoms with Crippen LogP contribution in [0.25, 0.3) is 11.0 Å². The molecule has 0 bridgehead atoms. The summed E-state index contributed by atoms with van der Waals surface area (Å²) in [6.45, 7) is 0. The molecule has 1 N–H and O–H groups in total. The molecule has 0 radical (unpaired) electrons. The summed E-state index contributed by atoms with van der Waals surface area (Å²) in [5.41, 5.74) is 2.35. The molecule has 3 rings (SSSR count). The third-order valence-corrected chi connectivity index (χ3v) is 4.15. The Morgan fingerprint density at radius 2 is 2.00 bits per heavy atom. The molecule has 1 amide bonds. The topological polar surface area (TPSA) is 58.2 Å². The van der Waals surface area contributed by atoms with Crippen molar-refractivity contribution in [3.8, 4) is 5.75 Å². The number of methoxy groups -OCH3 is 1. The number of aromatic amines is 1. The number of nitrogens with one attached hydrogen (secondary N) is 1. The molecule has 5 nitrogen and oxygen atoms in total. The quantitative estimate of drug-likeness (QED) is 0.771. The number of carbonyl (C=O) groups is 1. The summed E-state index contributed by atoms with van der Waals surface area (Å²) in [5.74, 6) is 0.518. The Hall–Kier alpha value is -2.60. The normalized spacial score (nSPS) is 10.9. The van der Waals surface area contributed by atoms with Gasteiger partial charge >= 0.3 is 0 Å². The Labute approximate surface area is 149 Å². The van der Waals surface area contributed by atoms with Crippen molar-refractivity contribution in [2.24, 2.45) is 0 Å². The molecule has 0 saturated carbocycles. The number of fused-ring (bicyclic) bond motifs is 1. The number of ether oxygens (including phenoxy) is 1. The van der Waals surface area contributed by atoms with E-state index in [9.17, 15) is 9.18 Å². The standard InChI is InChI=1S/C18H17ClFN3O2/c1-23(2)18(24)12-9-13(19)15-16(17(12)25-3)22-14(21-15)8-10-4-6-11(20)7-5-10/h4-7,9H,8H2,1-3H3,(H,21,22). The number of hydrogen-bond acceptors (Lipinski definition) is 3. The van der Waals surface area contributed by atoms with Crippen molar-refractivity contribution in [2.45, 2.75) is 6.42 Å². The fourth-order valence-electron chi connectivity index (χ4n) is 2.64. The SMILES string of the molecule is COc1c(C(=O)N(C)C)cc(Cl)c2[nH]c(Cc3ccc(F)cc3)nc12. The number of benzene rings is 2. The fourth-order valence-corrected chi connectivity index (χ4v) is 2.88. The Morgan fingerprint density at radius 3 is 2.60 bits per heavy atom. The number of aromatic nitrogens is 2. The van der Waals surface area contributed by atoms with Crippen LogP contribution in [0.15, 0.2) is 30.3 Å². The minimum Gasteiger partial charge on any atom is -0.494 e. The van der Waals surface area contributed by atoms with Crippen molar-refractivity contribution >= 4 is 28.5 Å². The Balaban J connectivity index is 2.08. The fraction of sp³-hybridized carbons (Fsp3) is 0.222. The summed E-state index contributed by atoms with van der Waals surface area (Å²) in [6, 6.07) is 7.77. The van der Waals surface area contributed by atoms with Gasteiger partial charge in [-0.3, -0.25) is 4.79 Å². The van der Waals surface area contributed by atoms with E-state index in [1.54, 1.807) is 32.3 Å². The first-order valence-electron chi connectivity index (χ1n) is 7.62. The van der Waals surface area contributed by atoms with Gasteiger partial charge in [-0.15, -0.1) is 0 Å². The average Bonchev–Trinajstić information content (AvgIpc) is 3.00. The highest BCUT2D eigenvalue weighted by Gasteiger charge is 2.22. The van der Waals surface area contributed by atoms with Crippen molar-refractivity contribution in [3.05, 3.63) is 58.1 Å². The Bertz CT molecular complexity index is 936. The summed E-state index contributed by atoms with van der Waals surface area (Å²) in [6.07, 6.45) is 0.478. The largest absolute Gasteiger partial charge is 0.494 e. The summed E-state index contributed by atoms with van der Waals surface area (Å²) in [7, 11) is 4.80. The Kier molecular flexibility index (Phi) is 4.63. The second-order valence-corrected chi connectivity index (χ2v) is 6.26. The predicted molar refractivity (Wildman–Crippen MR) is 94.9 cm³/mol. The lowest BCUT2D eigenvalue weighted by molar-refractivity contribution is 0.0824. The lowest BCUT2D eigenvalue weighted by Crippen LogP contribution is -2.22. The molecule has 2 aromatic carbocycles. The smallest absolute Gasteiger partial charge is 0.257 e. The van der Waals surface area contributed by atoms with Crippen LogP contribution >= 0.6 is 11.6 Å². The van der Waals surface area contributed by atoms with Crippen LogP contribution in [0.1, 0.15) is 21.7 Å². The summed E-state index contributed by atoms with van der Waals surface area (Å²) in [5, 5.41) is 0.388. The summed E-state index contributed by atoms with van der Waals surface area (Å²) in [4.78, 5) is 21.5. The van der Waals surface area contributed by atoms with Crippen molar-refractivity contribution < 1.29 is 13.9 Å². The average molecular weight is 362 g/mol. The molecule has 25 heavy (non-hydrogen) atoms. The third kappa shape index (κ3) is 3.30. The first-order chi connectivity index (χ1) is 11.9. The first-order valence-corrected chi connectivity index (χ1v) is 7.99. The van der Waals surface area contributed by atoms with Crippen LogP contribution in [0, 0.1) is 5.82 Å². The molecule has 0 spiro atoms. The second-order valence-electron chi connectivity index (χ2n) is 5.85. The molecule has 0 aliphatic carbocycles. The second kappa shape index (κ2) is 6.72. The van der Waals surface area contributed by atoms with Gasteiger partial charge in [-0.05, 0) is 23.8 Å². The highest BCUT2D eigenvalue weighted by molar-refractivity contribution is 6.35. The molecule has 0 fully saturated rings. The lowest BCUT2D eigenvalue weighted by Gasteiger charge is -2.14. The lowest BCUT2D eigenvalue weighted by atomic mass is 10.1. The highest BCUT2D eigenvalue weighted by atomic mass is 35.5. The van der Waals surface area contributed by atoms with Crippen LogP contribution < -0.4 is 4.74 Å². The van der Waals surface area contributed by atoms with Crippen molar-refractivity contribution in [1.82, 2.24) is 14.9 Å². The van der Waals surface area contributed by atoms with Gasteiger partial charge < -0.3 is 14.6 Å². The molecule has 3 aromatic rings. The number of rotatable bonds is 4. The number of imidazole rings is 1. The van der Waals surface area contributed by atoms with Crippen LogP contribution in [-0.4, -0.2) is 42.0 Å². The van der Waals surface area contributed by atoms with Gasteiger partial charge in [0, 0.05) is 20.5 Å². The van der Waals surface area contributed by atoms with Crippen molar-refractivity contribution in [3.63, 3.8) is 0 Å². The van der Waals surface area contributed by atoms with Crippen LogP contribution in [0.2, 0.25) is 5.02 Å². The zero-order valence-electron chi connectivity index (χ0n) is 14.1. The first kappa shape index (κ1) is 17.2. The molecule has 1 heterocycles. The van der Waals surface area contributed by atoms with Gasteiger partial charge in [-0.25, -0.2) is 9.37 Å². The summed E-state index contributed by atoms with van der Waals surface area (Å²) >= 11 is 6.33. The van der Waals surface area contributed by atoms with Gasteiger partial charge in [-0.2, -0.15) is 0 Å². The monoisotopic (exact) mass is 361 g/mol. The van der Waals surface area contributed by atoms with E-state index in [-0.39, 0.29) is 11.7 Å². The van der Waals surface area contributed by atoms with Crippen molar-refractivity contribution in [2.75, 3.05) is 21.2 Å². The number of H-pyrrole nitrogens is 1.